The van der Waals surface area contributed by atoms with Crippen LogP contribution in [0.15, 0.2) is 24.3 Å². The summed E-state index contributed by atoms with van der Waals surface area (Å²) >= 11 is 0. The number of allylic oxidation sites excluding steroid dienone is 3. The predicted octanol–water partition coefficient (Wildman–Crippen LogP) is 8.74. The molecule has 0 radical (unpaired) electrons. The smallest absolute Gasteiger partial charge is 0.462 e. The number of hydrogen-bond acceptors (Lipinski definition) is 9. The van der Waals surface area contributed by atoms with Crippen molar-refractivity contribution in [2.24, 2.45) is 0 Å². The highest BCUT2D eigenvalue weighted by molar-refractivity contribution is 7.47. The van der Waals surface area contributed by atoms with E-state index in [0.29, 0.717) is 36.7 Å². The van der Waals surface area contributed by atoms with E-state index < -0.39 is 44.7 Å². The van der Waals surface area contributed by atoms with Gasteiger partial charge in [-0.1, -0.05) is 109 Å². The highest BCUT2D eigenvalue weighted by atomic mass is 31.2. The van der Waals surface area contributed by atoms with Gasteiger partial charge in [0.05, 0.1) is 40.0 Å². The lowest BCUT2D eigenvalue weighted by Crippen LogP contribution is -2.37. The van der Waals surface area contributed by atoms with Crippen LogP contribution in [-0.2, 0) is 32.7 Å². The van der Waals surface area contributed by atoms with Crippen LogP contribution in [0.1, 0.15) is 155 Å². The van der Waals surface area contributed by atoms with Gasteiger partial charge in [-0.05, 0) is 57.8 Å². The van der Waals surface area contributed by atoms with Crippen LogP contribution in [0.25, 0.3) is 0 Å². The van der Waals surface area contributed by atoms with Gasteiger partial charge in [0.15, 0.2) is 6.10 Å². The minimum atomic E-state index is -4.40. The van der Waals surface area contributed by atoms with Crippen LogP contribution in [0.4, 0.5) is 0 Å². The summed E-state index contributed by atoms with van der Waals surface area (Å²) in [4.78, 5) is 35.2. The molecule has 11 nitrogen and oxygen atoms in total. The summed E-state index contributed by atoms with van der Waals surface area (Å²) in [5.74, 6) is -0.923. The maximum atomic E-state index is 12.6. The number of carbonyl (C=O) groups is 2. The molecule has 1 unspecified atom stereocenters. The van der Waals surface area contributed by atoms with Crippen LogP contribution >= 0.6 is 7.82 Å². The summed E-state index contributed by atoms with van der Waals surface area (Å²) in [5, 5.41) is 20.4. The van der Waals surface area contributed by atoms with Gasteiger partial charge in [-0.3, -0.25) is 18.6 Å². The number of rotatable bonds is 36. The van der Waals surface area contributed by atoms with Gasteiger partial charge in [0.1, 0.15) is 19.8 Å². The monoisotopic (exact) mass is 763 g/mol. The van der Waals surface area contributed by atoms with E-state index in [1.54, 1.807) is 0 Å². The molecule has 0 aliphatic rings. The van der Waals surface area contributed by atoms with Crippen molar-refractivity contribution in [1.29, 1.82) is 0 Å². The molecule has 4 atom stereocenters. The lowest BCUT2D eigenvalue weighted by atomic mass is 10.0. The van der Waals surface area contributed by atoms with Crippen LogP contribution in [-0.4, -0.2) is 97.3 Å². The molecule has 0 saturated carbocycles. The van der Waals surface area contributed by atoms with Crippen molar-refractivity contribution in [3.05, 3.63) is 24.3 Å². The van der Waals surface area contributed by atoms with Crippen molar-refractivity contribution < 1.29 is 52.3 Å². The Morgan fingerprint density at radius 2 is 1.19 bits per heavy atom. The Balaban J connectivity index is 4.52. The molecule has 0 heterocycles. The van der Waals surface area contributed by atoms with E-state index in [2.05, 4.69) is 32.1 Å². The fourth-order valence-electron chi connectivity index (χ4n) is 5.25. The van der Waals surface area contributed by atoms with E-state index in [1.807, 2.05) is 27.2 Å². The van der Waals surface area contributed by atoms with E-state index in [0.717, 1.165) is 77.0 Å². The number of phosphoric ester groups is 1. The zero-order valence-electron chi connectivity index (χ0n) is 33.5. The first-order chi connectivity index (χ1) is 24.8. The average Bonchev–Trinajstić information content (AvgIpc) is 3.08. The number of aliphatic hydroxyl groups is 2. The molecule has 0 bridgehead atoms. The molecule has 12 heteroatoms. The van der Waals surface area contributed by atoms with Gasteiger partial charge in [0, 0.05) is 12.8 Å². The van der Waals surface area contributed by atoms with Crippen LogP contribution in [0, 0.1) is 0 Å². The van der Waals surface area contributed by atoms with Crippen molar-refractivity contribution in [3.8, 4) is 0 Å². The molecule has 0 saturated heterocycles. The Kier molecular flexibility index (Phi) is 31.8. The molecule has 0 aromatic carbocycles. The summed E-state index contributed by atoms with van der Waals surface area (Å²) in [6, 6.07) is 0. The van der Waals surface area contributed by atoms with Gasteiger partial charge < -0.3 is 29.1 Å². The van der Waals surface area contributed by atoms with Crippen LogP contribution in [0.3, 0.4) is 0 Å². The van der Waals surface area contributed by atoms with Crippen molar-refractivity contribution in [3.63, 3.8) is 0 Å². The second-order valence-electron chi connectivity index (χ2n) is 15.0. The molecule has 52 heavy (non-hydrogen) atoms. The van der Waals surface area contributed by atoms with Gasteiger partial charge in [-0.2, -0.15) is 0 Å². The summed E-state index contributed by atoms with van der Waals surface area (Å²) in [7, 11) is 1.38. The maximum absolute atomic E-state index is 12.6. The first kappa shape index (κ1) is 50.4. The second-order valence-corrected chi connectivity index (χ2v) is 16.4. The van der Waals surface area contributed by atoms with Crippen molar-refractivity contribution in [2.45, 2.75) is 173 Å². The average molecular weight is 763 g/mol. The number of hydrogen-bond donors (Lipinski definition) is 3. The molecule has 0 fully saturated rings. The Hall–Kier alpha value is -1.59. The van der Waals surface area contributed by atoms with Crippen LogP contribution < -0.4 is 0 Å². The molecule has 0 spiro atoms. The summed E-state index contributed by atoms with van der Waals surface area (Å²) in [5.41, 5.74) is 0. The molecule has 306 valence electrons. The minimum Gasteiger partial charge on any atom is -0.462 e. The first-order valence-electron chi connectivity index (χ1n) is 20.2. The summed E-state index contributed by atoms with van der Waals surface area (Å²) in [6.45, 7) is 4.12. The molecule has 3 N–H and O–H groups in total. The fraction of sp³-hybridized carbons (Fsp3) is 0.850. The molecular weight excluding hydrogens is 685 g/mol. The van der Waals surface area contributed by atoms with Gasteiger partial charge in [0.2, 0.25) is 0 Å². The number of quaternary nitrogens is 1. The Labute approximate surface area is 316 Å². The molecule has 0 aromatic heterocycles. The number of aliphatic hydroxyl groups excluding tert-OH is 2. The van der Waals surface area contributed by atoms with E-state index in [9.17, 15) is 29.3 Å². The highest BCUT2D eigenvalue weighted by Gasteiger charge is 2.27. The Morgan fingerprint density at radius 1 is 0.654 bits per heavy atom. The lowest BCUT2D eigenvalue weighted by Gasteiger charge is -2.24. The van der Waals surface area contributed by atoms with Crippen molar-refractivity contribution in [1.82, 2.24) is 0 Å². The Bertz CT molecular complexity index is 984. The van der Waals surface area contributed by atoms with Gasteiger partial charge in [-0.15, -0.1) is 0 Å². The maximum Gasteiger partial charge on any atom is 0.472 e. The van der Waals surface area contributed by atoms with E-state index in [-0.39, 0.29) is 26.1 Å². The number of carbonyl (C=O) groups excluding carboxylic acids is 2. The number of likely N-dealkylation sites (N-methyl/N-ethyl adjacent to an activating group) is 1. The SMILES string of the molecule is CCCC/C=C\CCCCCCCC(=O)O[C@H](COC(=O)CCCCCCC[C@@H](O)[C@H](O)C/C=C\CCCCC)COP(=O)(O)OCC[N+](C)(C)C. The number of nitrogens with zero attached hydrogens (tertiary/aromatic N) is 1. The van der Waals surface area contributed by atoms with E-state index in [1.165, 1.54) is 25.7 Å². The molecule has 0 rings (SSSR count). The zero-order valence-corrected chi connectivity index (χ0v) is 34.4. The van der Waals surface area contributed by atoms with E-state index >= 15 is 0 Å². The summed E-state index contributed by atoms with van der Waals surface area (Å²) in [6.07, 6.45) is 25.4. The zero-order chi connectivity index (χ0) is 38.9. The normalized spacial score (nSPS) is 15.2. The molecule has 0 aliphatic heterocycles. The number of phosphoric acid groups is 1. The third-order valence-electron chi connectivity index (χ3n) is 8.65. The fourth-order valence-corrected chi connectivity index (χ4v) is 5.99. The second kappa shape index (κ2) is 32.8. The van der Waals surface area contributed by atoms with Crippen LogP contribution in [0.2, 0.25) is 0 Å². The highest BCUT2D eigenvalue weighted by Crippen LogP contribution is 2.43. The molecular formula is C40H77NO10P+. The molecule has 0 aliphatic carbocycles. The molecule has 0 aromatic rings. The number of esters is 2. The van der Waals surface area contributed by atoms with Crippen LogP contribution in [0.5, 0.6) is 0 Å². The third kappa shape index (κ3) is 34.2. The third-order valence-corrected chi connectivity index (χ3v) is 9.64. The summed E-state index contributed by atoms with van der Waals surface area (Å²) < 4.78 is 34.1. The lowest BCUT2D eigenvalue weighted by molar-refractivity contribution is -0.870. The van der Waals surface area contributed by atoms with Gasteiger partial charge >= 0.3 is 19.8 Å². The largest absolute Gasteiger partial charge is 0.472 e. The predicted molar refractivity (Wildman–Crippen MR) is 209 cm³/mol. The number of unbranched alkanes of at least 4 members (excludes halogenated alkanes) is 14. The quantitative estimate of drug-likeness (QED) is 0.0186. The van der Waals surface area contributed by atoms with E-state index in [4.69, 9.17) is 18.5 Å². The molecule has 0 amide bonds. The standard InChI is InChI=1S/C40H76NO10P/c1-6-8-10-12-14-15-16-17-18-22-27-31-40(45)51-36(35-50-52(46,47)49-33-32-41(3,4)5)34-48-39(44)30-26-23-19-21-25-29-38(43)37(42)28-24-20-13-11-9-7-2/h12,14,20,24,36-38,42-43H,6-11,13,15-19,21-23,25-35H2,1-5H3/p+1/b14-12-,24-20-/t36-,37-,38-/m1/s1. The van der Waals surface area contributed by atoms with Crippen molar-refractivity contribution in [2.75, 3.05) is 47.5 Å². The van der Waals surface area contributed by atoms with Crippen molar-refractivity contribution >= 4 is 19.8 Å². The minimum absolute atomic E-state index is 0.00521. The van der Waals surface area contributed by atoms with Gasteiger partial charge in [0.25, 0.3) is 0 Å². The number of ether oxygens (including phenoxy) is 2. The Morgan fingerprint density at radius 3 is 1.83 bits per heavy atom. The topological polar surface area (TPSA) is 149 Å². The first-order valence-corrected chi connectivity index (χ1v) is 21.7. The van der Waals surface area contributed by atoms with Gasteiger partial charge in [-0.25, -0.2) is 4.57 Å².